The number of carbonyl (C=O) groups is 2. The molecule has 0 aliphatic carbocycles. The van der Waals surface area contributed by atoms with E-state index in [4.69, 9.17) is 9.47 Å². The minimum absolute atomic E-state index is 0.293. The average Bonchev–Trinajstić information content (AvgIpc) is 2.39. The number of rotatable bonds is 7. The van der Waals surface area contributed by atoms with E-state index in [1.807, 2.05) is 0 Å². The predicted molar refractivity (Wildman–Crippen MR) is 84.1 cm³/mol. The molecule has 1 aromatic carbocycles. The highest BCUT2D eigenvalue weighted by atomic mass is 33.1. The largest absolute Gasteiger partial charge is 0.428 e. The molecule has 0 amide bonds. The minimum atomic E-state index is -0.658. The Balaban J connectivity index is 2.93. The van der Waals surface area contributed by atoms with Gasteiger partial charge in [-0.05, 0) is 26.0 Å². The van der Waals surface area contributed by atoms with E-state index in [1.54, 1.807) is 32.1 Å². The number of ether oxygens (including phenoxy) is 2. The van der Waals surface area contributed by atoms with Crippen LogP contribution in [0.4, 0.5) is 0 Å². The molecule has 6 heteroatoms. The van der Waals surface area contributed by atoms with Crippen molar-refractivity contribution in [3.05, 3.63) is 30.3 Å². The summed E-state index contributed by atoms with van der Waals surface area (Å²) in [5.41, 5.74) is -0.0167. The van der Waals surface area contributed by atoms with Gasteiger partial charge in [-0.2, -0.15) is 0 Å². The van der Waals surface area contributed by atoms with Crippen LogP contribution < -0.4 is 9.47 Å². The Labute approximate surface area is 127 Å². The lowest BCUT2D eigenvalue weighted by Gasteiger charge is -2.20. The van der Waals surface area contributed by atoms with Crippen LogP contribution >= 0.6 is 22.5 Å². The lowest BCUT2D eigenvalue weighted by molar-refractivity contribution is -0.142. The first kappa shape index (κ1) is 16.7. The smallest absolute Gasteiger partial charge is 0.317 e. The maximum absolute atomic E-state index is 12.0. The molecule has 0 aliphatic heterocycles. The lowest BCUT2D eigenvalue weighted by Crippen LogP contribution is -2.31. The quantitative estimate of drug-likeness (QED) is 0.275. The van der Waals surface area contributed by atoms with Crippen LogP contribution in [0.1, 0.15) is 19.4 Å². The fraction of sp³-hybridized carbons (Fsp3) is 0.286. The Morgan fingerprint density at radius 3 is 2.75 bits per heavy atom. The molecular weight excluding hydrogens is 296 g/mol. The highest BCUT2D eigenvalue weighted by Crippen LogP contribution is 2.29. The summed E-state index contributed by atoms with van der Waals surface area (Å²) in [6, 6.07) is 4.76. The highest BCUT2D eigenvalue weighted by molar-refractivity contribution is 8.68. The van der Waals surface area contributed by atoms with E-state index in [0.717, 1.165) is 0 Å². The molecule has 108 valence electrons. The average molecular weight is 312 g/mol. The summed E-state index contributed by atoms with van der Waals surface area (Å²) < 4.78 is 10.1. The van der Waals surface area contributed by atoms with Crippen LogP contribution in [-0.4, -0.2) is 18.2 Å². The van der Waals surface area contributed by atoms with Crippen LogP contribution in [0.2, 0.25) is 0 Å². The third kappa shape index (κ3) is 4.31. The Kier molecular flexibility index (Phi) is 6.16. The second kappa shape index (κ2) is 7.40. The van der Waals surface area contributed by atoms with Crippen LogP contribution in [0.3, 0.4) is 0 Å². The molecule has 0 aromatic heterocycles. The van der Waals surface area contributed by atoms with E-state index >= 15 is 0 Å². The van der Waals surface area contributed by atoms with Gasteiger partial charge in [-0.25, -0.2) is 0 Å². The van der Waals surface area contributed by atoms with Crippen LogP contribution in [0, 0.1) is 5.41 Å². The SMILES string of the molecule is C=Cc1ccc(OC(=O)C(C)(C)CSS)cc1OC=O. The standard InChI is InChI=1S/C14H16O4S2/c1-4-10-5-6-11(7-12(10)17-9-15)18-13(16)14(2,3)8-20-19/h4-7,9,19H,1,8H2,2-3H3. The van der Waals surface area contributed by atoms with Gasteiger partial charge in [-0.1, -0.05) is 23.4 Å². The first-order chi connectivity index (χ1) is 9.44. The maximum atomic E-state index is 12.0. The number of hydrogen-bond donors (Lipinski definition) is 1. The molecular formula is C14H16O4S2. The summed E-state index contributed by atoms with van der Waals surface area (Å²) in [7, 11) is 1.27. The van der Waals surface area contributed by atoms with Crippen molar-refractivity contribution in [3.63, 3.8) is 0 Å². The summed E-state index contributed by atoms with van der Waals surface area (Å²) in [4.78, 5) is 22.5. The molecule has 20 heavy (non-hydrogen) atoms. The molecule has 1 rings (SSSR count). The third-order valence-corrected chi connectivity index (χ3v) is 3.81. The molecule has 0 atom stereocenters. The Morgan fingerprint density at radius 2 is 2.20 bits per heavy atom. The van der Waals surface area contributed by atoms with Gasteiger partial charge >= 0.3 is 5.97 Å². The first-order valence-corrected chi connectivity index (χ1v) is 7.84. The fourth-order valence-corrected chi connectivity index (χ4v) is 2.78. The van der Waals surface area contributed by atoms with Gasteiger partial charge in [-0.15, -0.1) is 11.7 Å². The molecule has 0 heterocycles. The molecule has 0 bridgehead atoms. The van der Waals surface area contributed by atoms with Crippen molar-refractivity contribution in [3.8, 4) is 11.5 Å². The first-order valence-electron chi connectivity index (χ1n) is 5.80. The topological polar surface area (TPSA) is 52.6 Å². The zero-order valence-electron chi connectivity index (χ0n) is 11.3. The number of esters is 1. The highest BCUT2D eigenvalue weighted by Gasteiger charge is 2.29. The van der Waals surface area contributed by atoms with Crippen LogP contribution in [0.5, 0.6) is 11.5 Å². The van der Waals surface area contributed by atoms with Gasteiger partial charge in [0.25, 0.3) is 6.47 Å². The molecule has 1 aromatic rings. The fourth-order valence-electron chi connectivity index (χ4n) is 1.37. The summed E-state index contributed by atoms with van der Waals surface area (Å²) in [5, 5.41) is 0. The second-order valence-electron chi connectivity index (χ2n) is 4.66. The summed E-state index contributed by atoms with van der Waals surface area (Å²) in [6.07, 6.45) is 1.55. The van der Waals surface area contributed by atoms with Gasteiger partial charge in [-0.3, -0.25) is 9.59 Å². The summed E-state index contributed by atoms with van der Waals surface area (Å²) >= 11 is 4.04. The molecule has 0 aliphatic rings. The van der Waals surface area contributed by atoms with E-state index in [1.165, 1.54) is 16.9 Å². The third-order valence-electron chi connectivity index (χ3n) is 2.57. The molecule has 0 unspecified atom stereocenters. The molecule has 0 spiro atoms. The minimum Gasteiger partial charge on any atom is -0.428 e. The number of thiol groups is 1. The zero-order valence-corrected chi connectivity index (χ0v) is 13.0. The van der Waals surface area contributed by atoms with E-state index in [9.17, 15) is 9.59 Å². The number of carbonyl (C=O) groups excluding carboxylic acids is 2. The molecule has 4 nitrogen and oxygen atoms in total. The van der Waals surface area contributed by atoms with Crippen molar-refractivity contribution in [2.75, 3.05) is 5.75 Å². The van der Waals surface area contributed by atoms with Gasteiger partial charge in [0.2, 0.25) is 0 Å². The summed E-state index contributed by atoms with van der Waals surface area (Å²) in [5.74, 6) is 0.760. The monoisotopic (exact) mass is 312 g/mol. The van der Waals surface area contributed by atoms with Gasteiger partial charge in [0.15, 0.2) is 0 Å². The van der Waals surface area contributed by atoms with Crippen LogP contribution in [0.15, 0.2) is 24.8 Å². The molecule has 0 fully saturated rings. The van der Waals surface area contributed by atoms with Gasteiger partial charge in [0, 0.05) is 17.4 Å². The van der Waals surface area contributed by atoms with Crippen molar-refractivity contribution in [1.29, 1.82) is 0 Å². The predicted octanol–water partition coefficient (Wildman–Crippen LogP) is 3.37. The number of benzene rings is 1. The Hall–Kier alpha value is -1.40. The lowest BCUT2D eigenvalue weighted by atomic mass is 9.97. The molecule has 0 saturated heterocycles. The maximum Gasteiger partial charge on any atom is 0.317 e. The van der Waals surface area contributed by atoms with E-state index in [0.29, 0.717) is 29.3 Å². The van der Waals surface area contributed by atoms with Crippen molar-refractivity contribution in [2.24, 2.45) is 5.41 Å². The van der Waals surface area contributed by atoms with Gasteiger partial charge in [0.05, 0.1) is 5.41 Å². The second-order valence-corrected chi connectivity index (χ2v) is 5.99. The Bertz CT molecular complexity index is 512. The molecule has 0 N–H and O–H groups in total. The summed E-state index contributed by atoms with van der Waals surface area (Å²) in [6.45, 7) is 7.48. The van der Waals surface area contributed by atoms with E-state index < -0.39 is 5.41 Å². The van der Waals surface area contributed by atoms with Crippen molar-refractivity contribution < 1.29 is 19.1 Å². The van der Waals surface area contributed by atoms with Crippen molar-refractivity contribution in [1.82, 2.24) is 0 Å². The Morgan fingerprint density at radius 1 is 1.50 bits per heavy atom. The molecule has 0 saturated carbocycles. The van der Waals surface area contributed by atoms with Gasteiger partial charge < -0.3 is 9.47 Å². The van der Waals surface area contributed by atoms with E-state index in [-0.39, 0.29) is 5.97 Å². The van der Waals surface area contributed by atoms with E-state index in [2.05, 4.69) is 18.2 Å². The van der Waals surface area contributed by atoms with Crippen molar-refractivity contribution >= 4 is 41.0 Å². The normalized spacial score (nSPS) is 10.8. The number of hydrogen-bond acceptors (Lipinski definition) is 6. The zero-order chi connectivity index (χ0) is 15.2. The van der Waals surface area contributed by atoms with Gasteiger partial charge in [0.1, 0.15) is 11.5 Å². The van der Waals surface area contributed by atoms with Crippen LogP contribution in [0.25, 0.3) is 6.08 Å². The molecule has 0 radical (unpaired) electrons. The van der Waals surface area contributed by atoms with Crippen LogP contribution in [-0.2, 0) is 9.59 Å². The van der Waals surface area contributed by atoms with Crippen molar-refractivity contribution in [2.45, 2.75) is 13.8 Å².